The second kappa shape index (κ2) is 7.19. The average molecular weight is 336 g/mol. The number of pyridine rings is 1. The maximum atomic E-state index is 6.00. The van der Waals surface area contributed by atoms with E-state index in [9.17, 15) is 0 Å². The normalized spacial score (nSPS) is 18.8. The molecule has 2 aromatic heterocycles. The molecule has 2 aromatic rings. The van der Waals surface area contributed by atoms with Crippen LogP contribution in [0.5, 0.6) is 0 Å². The first-order valence-electron chi connectivity index (χ1n) is 7.77. The van der Waals surface area contributed by atoms with Crippen molar-refractivity contribution in [2.24, 2.45) is 10.9 Å². The van der Waals surface area contributed by atoms with E-state index >= 15 is 0 Å². The Hall–Kier alpha value is -1.79. The molecule has 1 atom stereocenters. The van der Waals surface area contributed by atoms with E-state index in [0.29, 0.717) is 17.5 Å². The summed E-state index contributed by atoms with van der Waals surface area (Å²) in [5, 5.41) is 4.09. The third-order valence-corrected chi connectivity index (χ3v) is 4.32. The van der Waals surface area contributed by atoms with Crippen LogP contribution in [0.4, 0.5) is 0 Å². The van der Waals surface area contributed by atoms with E-state index in [4.69, 9.17) is 16.3 Å². The molecule has 124 valence electrons. The van der Waals surface area contributed by atoms with Crippen molar-refractivity contribution in [1.82, 2.24) is 19.6 Å². The monoisotopic (exact) mass is 335 g/mol. The van der Waals surface area contributed by atoms with Crippen molar-refractivity contribution in [2.75, 3.05) is 33.9 Å². The fourth-order valence-corrected chi connectivity index (χ4v) is 3.17. The molecule has 1 aliphatic rings. The Morgan fingerprint density at radius 1 is 1.48 bits per heavy atom. The number of ether oxygens (including phenoxy) is 1. The Balaban J connectivity index is 1.61. The molecule has 0 amide bonds. The summed E-state index contributed by atoms with van der Waals surface area (Å²) in [6.07, 6.45) is 4.98. The van der Waals surface area contributed by atoms with Gasteiger partial charge in [0.15, 0.2) is 5.96 Å². The van der Waals surface area contributed by atoms with Gasteiger partial charge in [-0.15, -0.1) is 0 Å². The van der Waals surface area contributed by atoms with E-state index in [1.807, 2.05) is 36.0 Å². The number of imidazole rings is 1. The number of hydrogen-bond acceptors (Lipinski definition) is 3. The zero-order valence-corrected chi connectivity index (χ0v) is 14.3. The minimum Gasteiger partial charge on any atom is -0.384 e. The summed E-state index contributed by atoms with van der Waals surface area (Å²) in [5.74, 6) is 1.49. The van der Waals surface area contributed by atoms with E-state index in [1.165, 1.54) is 0 Å². The Kier molecular flexibility index (Phi) is 5.03. The number of rotatable bonds is 4. The first-order chi connectivity index (χ1) is 11.2. The number of aromatic nitrogens is 2. The number of nitrogens with zero attached hydrogens (tertiary/aromatic N) is 4. The van der Waals surface area contributed by atoms with Crippen LogP contribution in [-0.4, -0.2) is 54.1 Å². The molecule has 1 N–H and O–H groups in total. The van der Waals surface area contributed by atoms with Crippen LogP contribution in [0, 0.1) is 5.92 Å². The standard InChI is InChI=1S/C16H22ClN5O/c1-18-16(21-6-5-12(8-21)11-23-2)19-7-14-10-22-9-13(17)3-4-15(22)20-14/h3-4,9-10,12H,5-8,11H2,1-2H3,(H,18,19). The lowest BCUT2D eigenvalue weighted by molar-refractivity contribution is 0.157. The highest BCUT2D eigenvalue weighted by molar-refractivity contribution is 6.30. The predicted octanol–water partition coefficient (Wildman–Crippen LogP) is 2.03. The minimum atomic E-state index is 0.580. The summed E-state index contributed by atoms with van der Waals surface area (Å²) in [5.41, 5.74) is 1.85. The van der Waals surface area contributed by atoms with Gasteiger partial charge >= 0.3 is 0 Å². The van der Waals surface area contributed by atoms with Gasteiger partial charge < -0.3 is 19.4 Å². The summed E-state index contributed by atoms with van der Waals surface area (Å²) >= 11 is 6.00. The molecule has 7 heteroatoms. The SMILES string of the molecule is CN=C(NCc1cn2cc(Cl)ccc2n1)N1CCC(COC)C1. The number of hydrogen-bond donors (Lipinski definition) is 1. The number of likely N-dealkylation sites (tertiary alicyclic amines) is 1. The van der Waals surface area contributed by atoms with E-state index in [1.54, 1.807) is 7.11 Å². The number of aliphatic imine (C=N–C) groups is 1. The van der Waals surface area contributed by atoms with Gasteiger partial charge in [-0.25, -0.2) is 4.98 Å². The van der Waals surface area contributed by atoms with Gasteiger partial charge in [0.25, 0.3) is 0 Å². The Bertz CT molecular complexity index is 699. The quantitative estimate of drug-likeness (QED) is 0.686. The van der Waals surface area contributed by atoms with Gasteiger partial charge in [0.05, 0.1) is 23.9 Å². The smallest absolute Gasteiger partial charge is 0.193 e. The third kappa shape index (κ3) is 3.76. The summed E-state index contributed by atoms with van der Waals surface area (Å²) in [7, 11) is 3.57. The van der Waals surface area contributed by atoms with Gasteiger partial charge in [0, 0.05) is 45.6 Å². The molecule has 1 saturated heterocycles. The van der Waals surface area contributed by atoms with Crippen molar-refractivity contribution >= 4 is 23.2 Å². The molecule has 1 fully saturated rings. The van der Waals surface area contributed by atoms with Gasteiger partial charge in [-0.2, -0.15) is 0 Å². The molecule has 3 rings (SSSR count). The fourth-order valence-electron chi connectivity index (χ4n) is 3.00. The van der Waals surface area contributed by atoms with Crippen molar-refractivity contribution in [3.63, 3.8) is 0 Å². The molecule has 0 aliphatic carbocycles. The van der Waals surface area contributed by atoms with Gasteiger partial charge in [-0.3, -0.25) is 4.99 Å². The molecule has 23 heavy (non-hydrogen) atoms. The lowest BCUT2D eigenvalue weighted by atomic mass is 10.1. The Morgan fingerprint density at radius 2 is 2.35 bits per heavy atom. The third-order valence-electron chi connectivity index (χ3n) is 4.09. The van der Waals surface area contributed by atoms with Crippen molar-refractivity contribution < 1.29 is 4.74 Å². The number of methoxy groups -OCH3 is 1. The molecule has 0 radical (unpaired) electrons. The summed E-state index contributed by atoms with van der Waals surface area (Å²) in [6, 6.07) is 3.76. The minimum absolute atomic E-state index is 0.580. The summed E-state index contributed by atoms with van der Waals surface area (Å²) < 4.78 is 7.19. The van der Waals surface area contributed by atoms with Gasteiger partial charge in [-0.1, -0.05) is 11.6 Å². The lowest BCUT2D eigenvalue weighted by Gasteiger charge is -2.21. The highest BCUT2D eigenvalue weighted by Crippen LogP contribution is 2.16. The van der Waals surface area contributed by atoms with Crippen LogP contribution in [0.1, 0.15) is 12.1 Å². The molecule has 1 aliphatic heterocycles. The number of halogens is 1. The molecule has 0 bridgehead atoms. The first kappa shape index (κ1) is 16.1. The number of guanidine groups is 1. The molecule has 0 saturated carbocycles. The van der Waals surface area contributed by atoms with Crippen LogP contribution in [0.15, 0.2) is 29.5 Å². The van der Waals surface area contributed by atoms with Crippen LogP contribution in [-0.2, 0) is 11.3 Å². The predicted molar refractivity (Wildman–Crippen MR) is 92.0 cm³/mol. The molecule has 0 aromatic carbocycles. The van der Waals surface area contributed by atoms with Gasteiger partial charge in [0.1, 0.15) is 5.65 Å². The maximum absolute atomic E-state index is 6.00. The summed E-state index contributed by atoms with van der Waals surface area (Å²) in [4.78, 5) is 11.2. The topological polar surface area (TPSA) is 54.2 Å². The molecular weight excluding hydrogens is 314 g/mol. The van der Waals surface area contributed by atoms with Crippen molar-refractivity contribution in [2.45, 2.75) is 13.0 Å². The van der Waals surface area contributed by atoms with Gasteiger partial charge in [0.2, 0.25) is 0 Å². The fraction of sp³-hybridized carbons (Fsp3) is 0.500. The van der Waals surface area contributed by atoms with Crippen molar-refractivity contribution in [1.29, 1.82) is 0 Å². The molecule has 3 heterocycles. The molecule has 0 spiro atoms. The van der Waals surface area contributed by atoms with Crippen LogP contribution >= 0.6 is 11.6 Å². The van der Waals surface area contributed by atoms with Crippen molar-refractivity contribution in [3.05, 3.63) is 35.2 Å². The van der Waals surface area contributed by atoms with E-state index < -0.39 is 0 Å². The highest BCUT2D eigenvalue weighted by atomic mass is 35.5. The summed E-state index contributed by atoms with van der Waals surface area (Å²) in [6.45, 7) is 3.43. The van der Waals surface area contributed by atoms with E-state index in [0.717, 1.165) is 43.4 Å². The Morgan fingerprint density at radius 3 is 3.13 bits per heavy atom. The van der Waals surface area contributed by atoms with E-state index in [-0.39, 0.29) is 0 Å². The van der Waals surface area contributed by atoms with E-state index in [2.05, 4.69) is 20.2 Å². The van der Waals surface area contributed by atoms with Crippen LogP contribution in [0.2, 0.25) is 5.02 Å². The highest BCUT2D eigenvalue weighted by Gasteiger charge is 2.24. The number of nitrogens with one attached hydrogen (secondary N) is 1. The van der Waals surface area contributed by atoms with Gasteiger partial charge in [-0.05, 0) is 18.6 Å². The zero-order chi connectivity index (χ0) is 16.2. The van der Waals surface area contributed by atoms with Crippen LogP contribution in [0.3, 0.4) is 0 Å². The zero-order valence-electron chi connectivity index (χ0n) is 13.5. The largest absolute Gasteiger partial charge is 0.384 e. The van der Waals surface area contributed by atoms with Crippen LogP contribution in [0.25, 0.3) is 5.65 Å². The molecule has 1 unspecified atom stereocenters. The van der Waals surface area contributed by atoms with Crippen LogP contribution < -0.4 is 5.32 Å². The first-order valence-corrected chi connectivity index (χ1v) is 8.15. The second-order valence-corrected chi connectivity index (χ2v) is 6.24. The van der Waals surface area contributed by atoms with Crippen molar-refractivity contribution in [3.8, 4) is 0 Å². The average Bonchev–Trinajstić information content (AvgIpc) is 3.15. The number of fused-ring (bicyclic) bond motifs is 1. The molecular formula is C16H22ClN5O. The molecule has 6 nitrogen and oxygen atoms in total. The lowest BCUT2D eigenvalue weighted by Crippen LogP contribution is -2.39. The second-order valence-electron chi connectivity index (χ2n) is 5.80. The Labute approximate surface area is 141 Å². The maximum Gasteiger partial charge on any atom is 0.193 e.